The van der Waals surface area contributed by atoms with Crippen molar-refractivity contribution < 1.29 is 9.59 Å². The lowest BCUT2D eigenvalue weighted by molar-refractivity contribution is -0.128. The van der Waals surface area contributed by atoms with Crippen LogP contribution in [-0.2, 0) is 9.59 Å². The van der Waals surface area contributed by atoms with Gasteiger partial charge in [-0.3, -0.25) is 9.59 Å². The summed E-state index contributed by atoms with van der Waals surface area (Å²) in [7, 11) is 0. The lowest BCUT2D eigenvalue weighted by atomic mass is 10.1. The predicted molar refractivity (Wildman–Crippen MR) is 66.1 cm³/mol. The Morgan fingerprint density at radius 3 is 2.47 bits per heavy atom. The summed E-state index contributed by atoms with van der Waals surface area (Å²) in [6.07, 6.45) is 4.23. The van der Waals surface area contributed by atoms with Crippen molar-refractivity contribution in [1.29, 1.82) is 0 Å². The fourth-order valence-corrected chi connectivity index (χ4v) is 1.68. The number of carbonyl (C=O) groups is 2. The van der Waals surface area contributed by atoms with Gasteiger partial charge in [0.2, 0.25) is 11.8 Å². The SMILES string of the molecule is CC(C)(C)NC(=O)CNC(=O)C1C=CC(N)C1. The van der Waals surface area contributed by atoms with Crippen molar-refractivity contribution in [2.75, 3.05) is 6.54 Å². The van der Waals surface area contributed by atoms with Gasteiger partial charge in [0.25, 0.3) is 0 Å². The van der Waals surface area contributed by atoms with Crippen molar-refractivity contribution in [3.05, 3.63) is 12.2 Å². The number of amides is 2. The van der Waals surface area contributed by atoms with Crippen molar-refractivity contribution in [2.24, 2.45) is 11.7 Å². The highest BCUT2D eigenvalue weighted by Gasteiger charge is 2.23. The minimum absolute atomic E-state index is 0.00960. The summed E-state index contributed by atoms with van der Waals surface area (Å²) in [6.45, 7) is 5.69. The monoisotopic (exact) mass is 239 g/mol. The maximum Gasteiger partial charge on any atom is 0.239 e. The number of nitrogens with one attached hydrogen (secondary N) is 2. The van der Waals surface area contributed by atoms with E-state index in [0.717, 1.165) is 0 Å². The van der Waals surface area contributed by atoms with Crippen molar-refractivity contribution >= 4 is 11.8 Å². The van der Waals surface area contributed by atoms with Gasteiger partial charge >= 0.3 is 0 Å². The molecule has 0 fully saturated rings. The molecule has 0 radical (unpaired) electrons. The summed E-state index contributed by atoms with van der Waals surface area (Å²) < 4.78 is 0. The van der Waals surface area contributed by atoms with Gasteiger partial charge in [-0.25, -0.2) is 0 Å². The van der Waals surface area contributed by atoms with E-state index in [9.17, 15) is 9.59 Å². The van der Waals surface area contributed by atoms with Crippen molar-refractivity contribution in [1.82, 2.24) is 10.6 Å². The van der Waals surface area contributed by atoms with Crippen molar-refractivity contribution in [2.45, 2.75) is 38.8 Å². The molecule has 0 aromatic heterocycles. The second-order valence-corrected chi connectivity index (χ2v) is 5.41. The summed E-state index contributed by atoms with van der Waals surface area (Å²) in [5.41, 5.74) is 5.38. The Balaban J connectivity index is 2.29. The van der Waals surface area contributed by atoms with Crippen LogP contribution in [0.3, 0.4) is 0 Å². The first-order chi connectivity index (χ1) is 7.78. The maximum absolute atomic E-state index is 11.7. The number of rotatable bonds is 3. The largest absolute Gasteiger partial charge is 0.350 e. The molecule has 0 bridgehead atoms. The second kappa shape index (κ2) is 5.31. The molecule has 2 unspecified atom stereocenters. The van der Waals surface area contributed by atoms with Gasteiger partial charge in [0.15, 0.2) is 0 Å². The summed E-state index contributed by atoms with van der Waals surface area (Å²) in [4.78, 5) is 23.1. The van der Waals surface area contributed by atoms with Crippen LogP contribution in [0, 0.1) is 5.92 Å². The van der Waals surface area contributed by atoms with E-state index in [1.807, 2.05) is 26.8 Å². The van der Waals surface area contributed by atoms with E-state index in [0.29, 0.717) is 6.42 Å². The van der Waals surface area contributed by atoms with Crippen LogP contribution in [0.1, 0.15) is 27.2 Å². The zero-order chi connectivity index (χ0) is 13.1. The molecular weight excluding hydrogens is 218 g/mol. The smallest absolute Gasteiger partial charge is 0.239 e. The van der Waals surface area contributed by atoms with E-state index in [1.54, 1.807) is 6.08 Å². The molecule has 5 heteroatoms. The van der Waals surface area contributed by atoms with Crippen LogP contribution in [0.5, 0.6) is 0 Å². The molecule has 0 saturated heterocycles. The molecule has 1 aliphatic carbocycles. The third-order valence-corrected chi connectivity index (χ3v) is 2.39. The highest BCUT2D eigenvalue weighted by Crippen LogP contribution is 2.15. The molecule has 2 amide bonds. The fourth-order valence-electron chi connectivity index (χ4n) is 1.68. The normalized spacial score (nSPS) is 23.5. The highest BCUT2D eigenvalue weighted by atomic mass is 16.2. The van der Waals surface area contributed by atoms with Crippen LogP contribution in [-0.4, -0.2) is 29.9 Å². The summed E-state index contributed by atoms with van der Waals surface area (Å²) in [6, 6.07) is -0.0471. The lowest BCUT2D eigenvalue weighted by Gasteiger charge is -2.20. The molecule has 1 aliphatic rings. The van der Waals surface area contributed by atoms with Gasteiger partial charge in [-0.1, -0.05) is 12.2 Å². The molecule has 0 heterocycles. The molecule has 0 aliphatic heterocycles. The quantitative estimate of drug-likeness (QED) is 0.602. The summed E-state index contributed by atoms with van der Waals surface area (Å²) in [5.74, 6) is -0.525. The minimum atomic E-state index is -0.280. The molecule has 1 rings (SSSR count). The molecule has 0 saturated carbocycles. The molecule has 4 N–H and O–H groups in total. The molecular formula is C12H21N3O2. The van der Waals surface area contributed by atoms with Gasteiger partial charge in [0.1, 0.15) is 0 Å². The van der Waals surface area contributed by atoms with Crippen molar-refractivity contribution in [3.8, 4) is 0 Å². The van der Waals surface area contributed by atoms with Crippen molar-refractivity contribution in [3.63, 3.8) is 0 Å². The van der Waals surface area contributed by atoms with Crippen LogP contribution < -0.4 is 16.4 Å². The first-order valence-corrected chi connectivity index (χ1v) is 5.80. The van der Waals surface area contributed by atoms with Crippen LogP contribution in [0.4, 0.5) is 0 Å². The molecule has 5 nitrogen and oxygen atoms in total. The third kappa shape index (κ3) is 4.99. The van der Waals surface area contributed by atoms with Gasteiger partial charge in [0, 0.05) is 11.6 Å². The third-order valence-electron chi connectivity index (χ3n) is 2.39. The molecule has 2 atom stereocenters. The van der Waals surface area contributed by atoms with E-state index in [1.165, 1.54) is 0 Å². The van der Waals surface area contributed by atoms with Gasteiger partial charge in [0.05, 0.1) is 12.5 Å². The first-order valence-electron chi connectivity index (χ1n) is 5.80. The van der Waals surface area contributed by atoms with Gasteiger partial charge in [-0.2, -0.15) is 0 Å². The minimum Gasteiger partial charge on any atom is -0.350 e. The van der Waals surface area contributed by atoms with Gasteiger partial charge in [-0.05, 0) is 27.2 Å². The Hall–Kier alpha value is -1.36. The van der Waals surface area contributed by atoms with E-state index in [4.69, 9.17) is 5.73 Å². The Labute approximate surface area is 102 Å². The van der Waals surface area contributed by atoms with E-state index >= 15 is 0 Å². The van der Waals surface area contributed by atoms with Crippen LogP contribution in [0.2, 0.25) is 0 Å². The van der Waals surface area contributed by atoms with Crippen LogP contribution >= 0.6 is 0 Å². The molecule has 96 valence electrons. The topological polar surface area (TPSA) is 84.2 Å². The van der Waals surface area contributed by atoms with E-state index in [2.05, 4.69) is 10.6 Å². The molecule has 0 aromatic carbocycles. The Bertz CT molecular complexity index is 331. The zero-order valence-corrected chi connectivity index (χ0v) is 10.6. The lowest BCUT2D eigenvalue weighted by Crippen LogP contribution is -2.46. The number of hydrogen-bond acceptors (Lipinski definition) is 3. The van der Waals surface area contributed by atoms with E-state index in [-0.39, 0.29) is 35.9 Å². The number of carbonyl (C=O) groups excluding carboxylic acids is 2. The van der Waals surface area contributed by atoms with Crippen LogP contribution in [0.25, 0.3) is 0 Å². The average molecular weight is 239 g/mol. The Kier molecular flexibility index (Phi) is 4.28. The number of hydrogen-bond donors (Lipinski definition) is 3. The molecule has 0 aromatic rings. The predicted octanol–water partition coefficient (Wildman–Crippen LogP) is -0.0793. The van der Waals surface area contributed by atoms with E-state index < -0.39 is 0 Å². The summed E-state index contributed by atoms with van der Waals surface area (Å²) in [5, 5.41) is 5.39. The standard InChI is InChI=1S/C12H21N3O2/c1-12(2,3)15-10(16)7-14-11(17)8-4-5-9(13)6-8/h4-5,8-9H,6-7,13H2,1-3H3,(H,14,17)(H,15,16). The molecule has 0 spiro atoms. The highest BCUT2D eigenvalue weighted by molar-refractivity contribution is 5.87. The second-order valence-electron chi connectivity index (χ2n) is 5.41. The van der Waals surface area contributed by atoms with Gasteiger partial charge < -0.3 is 16.4 Å². The van der Waals surface area contributed by atoms with Crippen LogP contribution in [0.15, 0.2) is 12.2 Å². The fraction of sp³-hybridized carbons (Fsp3) is 0.667. The number of nitrogens with two attached hydrogens (primary N) is 1. The first kappa shape index (κ1) is 13.7. The maximum atomic E-state index is 11.7. The summed E-state index contributed by atoms with van der Waals surface area (Å²) >= 11 is 0. The molecule has 17 heavy (non-hydrogen) atoms. The Morgan fingerprint density at radius 2 is 2.00 bits per heavy atom. The van der Waals surface area contributed by atoms with Gasteiger partial charge in [-0.15, -0.1) is 0 Å². The Morgan fingerprint density at radius 1 is 1.35 bits per heavy atom. The average Bonchev–Trinajstić information content (AvgIpc) is 2.58. The zero-order valence-electron chi connectivity index (χ0n) is 10.6.